The summed E-state index contributed by atoms with van der Waals surface area (Å²) in [7, 11) is 0. The molecule has 2 aliphatic rings. The normalized spacial score (nSPS) is 21.6. The average Bonchev–Trinajstić information content (AvgIpc) is 3.28. The lowest BCUT2D eigenvalue weighted by molar-refractivity contribution is -0.133. The van der Waals surface area contributed by atoms with Crippen LogP contribution in [0.3, 0.4) is 0 Å². The van der Waals surface area contributed by atoms with Gasteiger partial charge < -0.3 is 15.0 Å². The number of aromatic nitrogens is 1. The Kier molecular flexibility index (Phi) is 5.65. The van der Waals surface area contributed by atoms with E-state index in [-0.39, 0.29) is 18.0 Å². The fourth-order valence-electron chi connectivity index (χ4n) is 5.32. The zero-order chi connectivity index (χ0) is 23.9. The van der Waals surface area contributed by atoms with E-state index in [1.807, 2.05) is 62.4 Å². The van der Waals surface area contributed by atoms with Crippen LogP contribution < -0.4 is 10.1 Å². The third kappa shape index (κ3) is 3.39. The van der Waals surface area contributed by atoms with Crippen molar-refractivity contribution in [2.75, 3.05) is 26.2 Å². The molecule has 2 N–H and O–H groups in total. The Morgan fingerprint density at radius 1 is 1.24 bits per heavy atom. The van der Waals surface area contributed by atoms with Gasteiger partial charge in [0.15, 0.2) is 0 Å². The minimum Gasteiger partial charge on any atom is -0.494 e. The smallest absolute Gasteiger partial charge is 0.328 e. The van der Waals surface area contributed by atoms with Gasteiger partial charge in [-0.25, -0.2) is 4.79 Å². The molecule has 0 spiro atoms. The van der Waals surface area contributed by atoms with Gasteiger partial charge in [-0.15, -0.1) is 6.58 Å². The largest absolute Gasteiger partial charge is 0.494 e. The molecule has 0 radical (unpaired) electrons. The number of nitrogens with zero attached hydrogens (tertiary/aromatic N) is 2. The molecular weight excluding hydrogens is 428 g/mol. The minimum atomic E-state index is -0.972. The molecule has 1 aromatic heterocycles. The van der Waals surface area contributed by atoms with Crippen LogP contribution in [0.15, 0.2) is 61.2 Å². The molecule has 0 bridgehead atoms. The molecule has 3 heterocycles. The molecule has 2 aromatic carbocycles. The number of nitrogens with one attached hydrogen (secondary N) is 2. The predicted octanol–water partition coefficient (Wildman–Crippen LogP) is 4.01. The van der Waals surface area contributed by atoms with Gasteiger partial charge in [0.25, 0.3) is 5.91 Å². The van der Waals surface area contributed by atoms with Gasteiger partial charge in [-0.3, -0.25) is 14.6 Å². The molecule has 176 valence electrons. The molecule has 5 rings (SSSR count). The number of aromatic amines is 1. The zero-order valence-electron chi connectivity index (χ0n) is 19.6. The second kappa shape index (κ2) is 8.65. The lowest BCUT2D eigenvalue weighted by atomic mass is 9.81. The van der Waals surface area contributed by atoms with Gasteiger partial charge in [-0.1, -0.05) is 36.4 Å². The van der Waals surface area contributed by atoms with Gasteiger partial charge in [0, 0.05) is 42.7 Å². The van der Waals surface area contributed by atoms with Crippen LogP contribution >= 0.6 is 0 Å². The monoisotopic (exact) mass is 458 g/mol. The summed E-state index contributed by atoms with van der Waals surface area (Å²) in [5, 5.41) is 4.23. The molecular formula is C27H30N4O3. The number of hydrogen-bond donors (Lipinski definition) is 2. The molecule has 1 unspecified atom stereocenters. The Labute approximate surface area is 199 Å². The van der Waals surface area contributed by atoms with Crippen molar-refractivity contribution in [3.05, 3.63) is 78.0 Å². The van der Waals surface area contributed by atoms with Gasteiger partial charge in [-0.05, 0) is 43.2 Å². The Hall–Kier alpha value is -3.58. The van der Waals surface area contributed by atoms with Crippen LogP contribution in [0.4, 0.5) is 4.79 Å². The van der Waals surface area contributed by atoms with Crippen molar-refractivity contribution in [1.29, 1.82) is 0 Å². The first-order chi connectivity index (χ1) is 16.5. The first-order valence-corrected chi connectivity index (χ1v) is 11.8. The number of carbonyl (C=O) groups is 2. The highest BCUT2D eigenvalue weighted by molar-refractivity contribution is 6.08. The second-order valence-electron chi connectivity index (χ2n) is 9.02. The second-order valence-corrected chi connectivity index (χ2v) is 9.02. The van der Waals surface area contributed by atoms with Gasteiger partial charge in [-0.2, -0.15) is 0 Å². The maximum absolute atomic E-state index is 13.7. The van der Waals surface area contributed by atoms with Gasteiger partial charge in [0.2, 0.25) is 0 Å². The van der Waals surface area contributed by atoms with Crippen LogP contribution in [0.25, 0.3) is 10.9 Å². The number of urea groups is 1. The molecule has 1 fully saturated rings. The maximum Gasteiger partial charge on any atom is 0.328 e. The van der Waals surface area contributed by atoms with Crippen molar-refractivity contribution < 1.29 is 14.3 Å². The van der Waals surface area contributed by atoms with Gasteiger partial charge >= 0.3 is 6.03 Å². The molecule has 0 aliphatic carbocycles. The van der Waals surface area contributed by atoms with E-state index in [0.29, 0.717) is 32.7 Å². The molecule has 2 atom stereocenters. The third-order valence-electron chi connectivity index (χ3n) is 6.86. The summed E-state index contributed by atoms with van der Waals surface area (Å²) in [5.74, 6) is 0.643. The summed E-state index contributed by atoms with van der Waals surface area (Å²) in [6.07, 6.45) is 2.21. The molecule has 3 aromatic rings. The van der Waals surface area contributed by atoms with Crippen molar-refractivity contribution >= 4 is 22.8 Å². The van der Waals surface area contributed by atoms with E-state index in [1.165, 1.54) is 4.90 Å². The van der Waals surface area contributed by atoms with E-state index < -0.39 is 5.54 Å². The summed E-state index contributed by atoms with van der Waals surface area (Å²) in [6, 6.07) is 15.3. The summed E-state index contributed by atoms with van der Waals surface area (Å²) in [5.41, 5.74) is 3.00. The van der Waals surface area contributed by atoms with Crippen LogP contribution in [-0.2, 0) is 11.2 Å². The first kappa shape index (κ1) is 22.2. The molecule has 7 heteroatoms. The Morgan fingerprint density at radius 3 is 2.76 bits per heavy atom. The van der Waals surface area contributed by atoms with Crippen molar-refractivity contribution in [3.63, 3.8) is 0 Å². The van der Waals surface area contributed by atoms with Crippen LogP contribution in [-0.4, -0.2) is 58.5 Å². The molecule has 1 saturated heterocycles. The van der Waals surface area contributed by atoms with E-state index in [2.05, 4.69) is 16.9 Å². The van der Waals surface area contributed by atoms with Crippen LogP contribution in [0.2, 0.25) is 0 Å². The standard InChI is InChI=1S/C27H30N4O3/c1-4-13-28-14-15-30-25(32)27(3)17-21-20-16-19(34-5-2)11-12-22(20)29-23(21)24(31(27)26(30)33)18-9-7-6-8-10-18/h4,6-12,16,24,28-29H,1,5,13-15,17H2,2-3H3/t24?,27-/m0/s1. The van der Waals surface area contributed by atoms with E-state index in [1.54, 1.807) is 11.0 Å². The van der Waals surface area contributed by atoms with Crippen molar-refractivity contribution in [2.45, 2.75) is 31.8 Å². The van der Waals surface area contributed by atoms with Crippen LogP contribution in [0, 0.1) is 0 Å². The number of amides is 3. The third-order valence-corrected chi connectivity index (χ3v) is 6.86. The number of benzene rings is 2. The summed E-state index contributed by atoms with van der Waals surface area (Å²) < 4.78 is 5.75. The highest BCUT2D eigenvalue weighted by Gasteiger charge is 2.59. The van der Waals surface area contributed by atoms with E-state index >= 15 is 0 Å². The van der Waals surface area contributed by atoms with Gasteiger partial charge in [0.05, 0.1) is 6.61 Å². The fourth-order valence-corrected chi connectivity index (χ4v) is 5.32. The lowest BCUT2D eigenvalue weighted by Gasteiger charge is -2.42. The number of fused-ring (bicyclic) bond motifs is 4. The molecule has 34 heavy (non-hydrogen) atoms. The summed E-state index contributed by atoms with van der Waals surface area (Å²) in [6.45, 7) is 9.61. The zero-order valence-corrected chi connectivity index (χ0v) is 19.6. The molecule has 0 saturated carbocycles. The predicted molar refractivity (Wildman–Crippen MR) is 132 cm³/mol. The van der Waals surface area contributed by atoms with Crippen molar-refractivity contribution in [3.8, 4) is 5.75 Å². The van der Waals surface area contributed by atoms with Crippen molar-refractivity contribution in [1.82, 2.24) is 20.1 Å². The van der Waals surface area contributed by atoms with E-state index in [0.717, 1.165) is 33.5 Å². The first-order valence-electron chi connectivity index (χ1n) is 11.8. The topological polar surface area (TPSA) is 77.7 Å². The van der Waals surface area contributed by atoms with Crippen molar-refractivity contribution in [2.24, 2.45) is 0 Å². The number of carbonyl (C=O) groups excluding carboxylic acids is 2. The highest BCUT2D eigenvalue weighted by Crippen LogP contribution is 2.48. The highest BCUT2D eigenvalue weighted by atomic mass is 16.5. The Bertz CT molecular complexity index is 1250. The van der Waals surface area contributed by atoms with E-state index in [4.69, 9.17) is 4.74 Å². The Balaban J connectivity index is 1.63. The average molecular weight is 459 g/mol. The summed E-state index contributed by atoms with van der Waals surface area (Å²) >= 11 is 0. The van der Waals surface area contributed by atoms with Crippen LogP contribution in [0.5, 0.6) is 5.75 Å². The fraction of sp³-hybridized carbons (Fsp3) is 0.333. The molecule has 7 nitrogen and oxygen atoms in total. The van der Waals surface area contributed by atoms with Crippen LogP contribution in [0.1, 0.15) is 36.7 Å². The Morgan fingerprint density at radius 2 is 2.03 bits per heavy atom. The number of rotatable bonds is 8. The number of imide groups is 1. The number of ether oxygens (including phenoxy) is 1. The number of hydrogen-bond acceptors (Lipinski definition) is 4. The summed E-state index contributed by atoms with van der Waals surface area (Å²) in [4.78, 5) is 34.2. The molecule has 3 amide bonds. The van der Waals surface area contributed by atoms with E-state index in [9.17, 15) is 9.59 Å². The SMILES string of the molecule is C=CCNCCN1C(=O)N2C(c3ccccc3)c3[nH]c4ccc(OCC)cc4c3C[C@@]2(C)C1=O. The lowest BCUT2D eigenvalue weighted by Crippen LogP contribution is -2.53. The maximum atomic E-state index is 13.7. The van der Waals surface area contributed by atoms with Gasteiger partial charge in [0.1, 0.15) is 17.3 Å². The quantitative estimate of drug-likeness (QED) is 0.304. The number of H-pyrrole nitrogens is 1. The minimum absolute atomic E-state index is 0.153. The molecule has 2 aliphatic heterocycles.